The van der Waals surface area contributed by atoms with Gasteiger partial charge in [-0.3, -0.25) is 0 Å². The van der Waals surface area contributed by atoms with Crippen LogP contribution in [0.2, 0.25) is 0 Å². The summed E-state index contributed by atoms with van der Waals surface area (Å²) in [6, 6.07) is 21.3. The third kappa shape index (κ3) is 5.15. The summed E-state index contributed by atoms with van der Waals surface area (Å²) in [5.74, 6) is 1.62. The van der Waals surface area contributed by atoms with Gasteiger partial charge in [0.15, 0.2) is 5.76 Å². The summed E-state index contributed by atoms with van der Waals surface area (Å²) >= 11 is 0. The predicted molar refractivity (Wildman–Crippen MR) is 104 cm³/mol. The van der Waals surface area contributed by atoms with E-state index in [1.54, 1.807) is 25.6 Å². The standard InChI is InChI=1S/C15H14N4O2.C6H6/c1-20-14-5-4-10(9-18-14)7-11-8-13(21-19-11)12-3-2-6-17-15(12)16;1-2-4-6-5-3-1/h2-6,8-9H,7H2,1H3,(H2,16,17);1-6H. The molecule has 0 saturated heterocycles. The van der Waals surface area contributed by atoms with Gasteiger partial charge in [0.25, 0.3) is 0 Å². The zero-order valence-electron chi connectivity index (χ0n) is 14.9. The molecule has 27 heavy (non-hydrogen) atoms. The normalized spacial score (nSPS) is 9.96. The molecule has 4 aromatic rings. The van der Waals surface area contributed by atoms with E-state index < -0.39 is 0 Å². The van der Waals surface area contributed by atoms with E-state index in [0.29, 0.717) is 23.9 Å². The highest BCUT2D eigenvalue weighted by molar-refractivity contribution is 5.69. The molecule has 0 aliphatic rings. The van der Waals surface area contributed by atoms with Crippen LogP contribution in [0, 0.1) is 0 Å². The topological polar surface area (TPSA) is 87.1 Å². The molecule has 0 aliphatic heterocycles. The number of nitrogens with zero attached hydrogens (tertiary/aromatic N) is 3. The van der Waals surface area contributed by atoms with Gasteiger partial charge < -0.3 is 15.0 Å². The molecule has 0 spiro atoms. The molecule has 0 saturated carbocycles. The molecule has 0 amide bonds. The van der Waals surface area contributed by atoms with Crippen molar-refractivity contribution in [3.63, 3.8) is 0 Å². The Bertz CT molecular complexity index is 927. The Morgan fingerprint density at radius 1 is 0.963 bits per heavy atom. The Hall–Kier alpha value is -3.67. The predicted octanol–water partition coefficient (Wildman–Crippen LogP) is 4.00. The van der Waals surface area contributed by atoms with Crippen LogP contribution in [0.1, 0.15) is 11.3 Å². The molecule has 3 aromatic heterocycles. The van der Waals surface area contributed by atoms with Crippen molar-refractivity contribution in [3.8, 4) is 17.2 Å². The quantitative estimate of drug-likeness (QED) is 0.592. The van der Waals surface area contributed by atoms with Crippen LogP contribution in [0.25, 0.3) is 11.3 Å². The summed E-state index contributed by atoms with van der Waals surface area (Å²) in [4.78, 5) is 8.20. The molecule has 0 fully saturated rings. The van der Waals surface area contributed by atoms with Crippen molar-refractivity contribution >= 4 is 5.82 Å². The Labute approximate surface area is 157 Å². The second-order valence-corrected chi connectivity index (χ2v) is 5.66. The minimum atomic E-state index is 0.423. The third-order valence-electron chi connectivity index (χ3n) is 3.72. The number of pyridine rings is 2. The van der Waals surface area contributed by atoms with E-state index in [4.69, 9.17) is 15.0 Å². The number of nitrogen functional groups attached to an aromatic ring is 1. The van der Waals surface area contributed by atoms with Crippen LogP contribution in [0.4, 0.5) is 5.82 Å². The van der Waals surface area contributed by atoms with Crippen molar-refractivity contribution in [1.82, 2.24) is 15.1 Å². The average molecular weight is 360 g/mol. The molecule has 0 radical (unpaired) electrons. The van der Waals surface area contributed by atoms with Gasteiger partial charge in [0.05, 0.1) is 18.4 Å². The fraction of sp³-hybridized carbons (Fsp3) is 0.0952. The highest BCUT2D eigenvalue weighted by atomic mass is 16.5. The minimum absolute atomic E-state index is 0.423. The van der Waals surface area contributed by atoms with E-state index in [0.717, 1.165) is 16.8 Å². The lowest BCUT2D eigenvalue weighted by Gasteiger charge is -2.00. The smallest absolute Gasteiger partial charge is 0.212 e. The van der Waals surface area contributed by atoms with Crippen LogP contribution >= 0.6 is 0 Å². The van der Waals surface area contributed by atoms with E-state index >= 15 is 0 Å². The van der Waals surface area contributed by atoms with Crippen molar-refractivity contribution in [2.45, 2.75) is 6.42 Å². The van der Waals surface area contributed by atoms with Gasteiger partial charge in [0.1, 0.15) is 5.82 Å². The van der Waals surface area contributed by atoms with Gasteiger partial charge in [-0.15, -0.1) is 0 Å². The fourth-order valence-electron chi connectivity index (χ4n) is 2.38. The summed E-state index contributed by atoms with van der Waals surface area (Å²) in [6.07, 6.45) is 4.02. The van der Waals surface area contributed by atoms with Crippen LogP contribution in [0.3, 0.4) is 0 Å². The zero-order valence-corrected chi connectivity index (χ0v) is 14.9. The van der Waals surface area contributed by atoms with E-state index in [2.05, 4.69) is 15.1 Å². The first kappa shape index (κ1) is 18.1. The summed E-state index contributed by atoms with van der Waals surface area (Å²) in [7, 11) is 1.59. The van der Waals surface area contributed by atoms with Crippen LogP contribution in [0.15, 0.2) is 83.6 Å². The molecule has 0 unspecified atom stereocenters. The molecule has 0 atom stereocenters. The Kier molecular flexibility index (Phi) is 6.14. The van der Waals surface area contributed by atoms with Crippen molar-refractivity contribution in [1.29, 1.82) is 0 Å². The SMILES string of the molecule is COc1ccc(Cc2cc(-c3cccnc3N)on2)cn1.c1ccccc1. The maximum absolute atomic E-state index is 5.82. The van der Waals surface area contributed by atoms with Crippen molar-refractivity contribution < 1.29 is 9.26 Å². The third-order valence-corrected chi connectivity index (χ3v) is 3.72. The van der Waals surface area contributed by atoms with Crippen LogP contribution in [0.5, 0.6) is 5.88 Å². The lowest BCUT2D eigenvalue weighted by atomic mass is 10.1. The van der Waals surface area contributed by atoms with Crippen LogP contribution in [-0.4, -0.2) is 22.2 Å². The van der Waals surface area contributed by atoms with Gasteiger partial charge in [-0.2, -0.15) is 0 Å². The second kappa shape index (κ2) is 9.15. The Balaban J connectivity index is 0.000000299. The number of aromatic nitrogens is 3. The summed E-state index contributed by atoms with van der Waals surface area (Å²) < 4.78 is 10.4. The number of rotatable bonds is 4. The molecule has 2 N–H and O–H groups in total. The van der Waals surface area contributed by atoms with E-state index in [-0.39, 0.29) is 0 Å². The van der Waals surface area contributed by atoms with Gasteiger partial charge in [-0.05, 0) is 17.7 Å². The molecule has 6 nitrogen and oxygen atoms in total. The number of hydrogen-bond acceptors (Lipinski definition) is 6. The highest BCUT2D eigenvalue weighted by Gasteiger charge is 2.10. The summed E-state index contributed by atoms with van der Waals surface area (Å²) in [5.41, 5.74) is 8.39. The number of methoxy groups -OCH3 is 1. The number of ether oxygens (including phenoxy) is 1. The zero-order chi connectivity index (χ0) is 18.9. The number of nitrogens with two attached hydrogens (primary N) is 1. The molecular weight excluding hydrogens is 340 g/mol. The Morgan fingerprint density at radius 2 is 1.70 bits per heavy atom. The number of anilines is 1. The molecule has 136 valence electrons. The molecular formula is C21H20N4O2. The molecule has 3 heterocycles. The van der Waals surface area contributed by atoms with Crippen molar-refractivity contribution in [2.75, 3.05) is 12.8 Å². The Morgan fingerprint density at radius 3 is 2.30 bits per heavy atom. The molecule has 6 heteroatoms. The van der Waals surface area contributed by atoms with Crippen molar-refractivity contribution in [2.24, 2.45) is 0 Å². The number of benzene rings is 1. The van der Waals surface area contributed by atoms with Gasteiger partial charge >= 0.3 is 0 Å². The highest BCUT2D eigenvalue weighted by Crippen LogP contribution is 2.25. The first-order chi connectivity index (χ1) is 13.3. The lowest BCUT2D eigenvalue weighted by Crippen LogP contribution is -1.92. The lowest BCUT2D eigenvalue weighted by molar-refractivity contribution is 0.397. The first-order valence-corrected chi connectivity index (χ1v) is 8.41. The van der Waals surface area contributed by atoms with Crippen molar-refractivity contribution in [3.05, 3.63) is 90.4 Å². The summed E-state index contributed by atoms with van der Waals surface area (Å²) in [6.45, 7) is 0. The van der Waals surface area contributed by atoms with Gasteiger partial charge in [-0.1, -0.05) is 47.6 Å². The van der Waals surface area contributed by atoms with Gasteiger partial charge in [0, 0.05) is 30.9 Å². The second-order valence-electron chi connectivity index (χ2n) is 5.66. The fourth-order valence-corrected chi connectivity index (χ4v) is 2.38. The van der Waals surface area contributed by atoms with Gasteiger partial charge in [0.2, 0.25) is 5.88 Å². The van der Waals surface area contributed by atoms with E-state index in [1.807, 2.05) is 60.7 Å². The summed E-state index contributed by atoms with van der Waals surface area (Å²) in [5, 5.41) is 4.05. The average Bonchev–Trinajstić information content (AvgIpc) is 3.19. The van der Waals surface area contributed by atoms with E-state index in [1.165, 1.54) is 0 Å². The monoisotopic (exact) mass is 360 g/mol. The molecule has 0 aliphatic carbocycles. The van der Waals surface area contributed by atoms with Crippen LogP contribution < -0.4 is 10.5 Å². The maximum atomic E-state index is 5.82. The molecule has 4 rings (SSSR count). The van der Waals surface area contributed by atoms with Crippen LogP contribution in [-0.2, 0) is 6.42 Å². The van der Waals surface area contributed by atoms with E-state index in [9.17, 15) is 0 Å². The molecule has 0 bridgehead atoms. The molecule has 1 aromatic carbocycles. The number of hydrogen-bond donors (Lipinski definition) is 1. The van der Waals surface area contributed by atoms with Gasteiger partial charge in [-0.25, -0.2) is 9.97 Å². The minimum Gasteiger partial charge on any atom is -0.481 e. The largest absolute Gasteiger partial charge is 0.481 e. The first-order valence-electron chi connectivity index (χ1n) is 8.41. The maximum Gasteiger partial charge on any atom is 0.212 e.